The molecule has 1 heterocycles. The van der Waals surface area contributed by atoms with Crippen LogP contribution in [0.1, 0.15) is 32.4 Å². The Morgan fingerprint density at radius 2 is 2.29 bits per heavy atom. The van der Waals surface area contributed by atoms with Crippen LogP contribution in [0.4, 0.5) is 0 Å². The van der Waals surface area contributed by atoms with Crippen molar-refractivity contribution in [3.05, 3.63) is 30.1 Å². The summed E-state index contributed by atoms with van der Waals surface area (Å²) >= 11 is 0. The van der Waals surface area contributed by atoms with Crippen molar-refractivity contribution >= 4 is 5.78 Å². The first-order valence-corrected chi connectivity index (χ1v) is 4.72. The molecular formula is C11H15NO2. The van der Waals surface area contributed by atoms with Crippen molar-refractivity contribution in [3.8, 4) is 0 Å². The van der Waals surface area contributed by atoms with Gasteiger partial charge in [-0.1, -0.05) is 13.0 Å². The SMILES string of the molecule is CCC(=O)C[C@@](C)(O)c1ccccn1. The lowest BCUT2D eigenvalue weighted by atomic mass is 9.94. The van der Waals surface area contributed by atoms with Gasteiger partial charge in [0.1, 0.15) is 11.4 Å². The maximum atomic E-state index is 11.2. The number of rotatable bonds is 4. The molecule has 0 amide bonds. The van der Waals surface area contributed by atoms with Gasteiger partial charge in [-0.3, -0.25) is 9.78 Å². The van der Waals surface area contributed by atoms with Crippen LogP contribution in [0.2, 0.25) is 0 Å². The molecule has 0 fully saturated rings. The van der Waals surface area contributed by atoms with E-state index >= 15 is 0 Å². The average molecular weight is 193 g/mol. The maximum Gasteiger partial charge on any atom is 0.135 e. The van der Waals surface area contributed by atoms with Gasteiger partial charge in [0.05, 0.1) is 5.69 Å². The summed E-state index contributed by atoms with van der Waals surface area (Å²) in [6, 6.07) is 5.30. The highest BCUT2D eigenvalue weighted by Gasteiger charge is 2.26. The smallest absolute Gasteiger partial charge is 0.135 e. The molecule has 1 atom stereocenters. The minimum atomic E-state index is -1.14. The molecule has 1 N–H and O–H groups in total. The lowest BCUT2D eigenvalue weighted by Crippen LogP contribution is -2.26. The van der Waals surface area contributed by atoms with E-state index in [9.17, 15) is 9.90 Å². The number of aromatic nitrogens is 1. The Hall–Kier alpha value is -1.22. The zero-order valence-corrected chi connectivity index (χ0v) is 8.53. The first-order chi connectivity index (χ1) is 6.56. The van der Waals surface area contributed by atoms with Crippen LogP contribution in [0.5, 0.6) is 0 Å². The Morgan fingerprint density at radius 1 is 1.57 bits per heavy atom. The highest BCUT2D eigenvalue weighted by molar-refractivity contribution is 5.79. The summed E-state index contributed by atoms with van der Waals surface area (Å²) in [5.41, 5.74) is -0.601. The number of carbonyl (C=O) groups excluding carboxylic acids is 1. The molecule has 0 saturated carbocycles. The molecule has 14 heavy (non-hydrogen) atoms. The molecule has 3 heteroatoms. The second-order valence-electron chi connectivity index (χ2n) is 3.56. The van der Waals surface area contributed by atoms with Crippen LogP contribution in [0, 0.1) is 0 Å². The minimum absolute atomic E-state index is 0.0423. The molecular weight excluding hydrogens is 178 g/mol. The van der Waals surface area contributed by atoms with E-state index in [1.54, 1.807) is 38.2 Å². The molecule has 3 nitrogen and oxygen atoms in total. The number of hydrogen-bond donors (Lipinski definition) is 1. The van der Waals surface area contributed by atoms with Crippen LogP contribution in [0.15, 0.2) is 24.4 Å². The summed E-state index contributed by atoms with van der Waals surface area (Å²) in [6.07, 6.45) is 2.18. The normalized spacial score (nSPS) is 14.8. The molecule has 0 aromatic carbocycles. The van der Waals surface area contributed by atoms with Crippen LogP contribution in [-0.4, -0.2) is 15.9 Å². The summed E-state index contributed by atoms with van der Waals surface area (Å²) in [6.45, 7) is 3.40. The highest BCUT2D eigenvalue weighted by atomic mass is 16.3. The Bertz CT molecular complexity index is 306. The van der Waals surface area contributed by atoms with Crippen molar-refractivity contribution < 1.29 is 9.90 Å². The van der Waals surface area contributed by atoms with E-state index in [4.69, 9.17) is 0 Å². The maximum absolute atomic E-state index is 11.2. The van der Waals surface area contributed by atoms with Crippen molar-refractivity contribution in [1.29, 1.82) is 0 Å². The number of carbonyl (C=O) groups is 1. The van der Waals surface area contributed by atoms with E-state index in [2.05, 4.69) is 4.98 Å². The summed E-state index contributed by atoms with van der Waals surface area (Å²) < 4.78 is 0. The van der Waals surface area contributed by atoms with Crippen LogP contribution >= 0.6 is 0 Å². The van der Waals surface area contributed by atoms with Crippen LogP contribution in [-0.2, 0) is 10.4 Å². The fourth-order valence-electron chi connectivity index (χ4n) is 1.28. The van der Waals surface area contributed by atoms with Gasteiger partial charge >= 0.3 is 0 Å². The number of Topliss-reactive ketones (excluding diaryl/α,β-unsaturated/α-hetero) is 1. The fraction of sp³-hybridized carbons (Fsp3) is 0.455. The number of pyridine rings is 1. The Morgan fingerprint density at radius 3 is 2.79 bits per heavy atom. The first-order valence-electron chi connectivity index (χ1n) is 4.72. The van der Waals surface area contributed by atoms with Crippen molar-refractivity contribution in [3.63, 3.8) is 0 Å². The van der Waals surface area contributed by atoms with E-state index in [0.717, 1.165) is 0 Å². The van der Waals surface area contributed by atoms with Gasteiger partial charge in [-0.25, -0.2) is 0 Å². The number of ketones is 1. The molecule has 1 rings (SSSR count). The fourth-order valence-corrected chi connectivity index (χ4v) is 1.28. The average Bonchev–Trinajstić information content (AvgIpc) is 2.18. The van der Waals surface area contributed by atoms with Crippen molar-refractivity contribution in [1.82, 2.24) is 4.98 Å². The molecule has 0 spiro atoms. The van der Waals surface area contributed by atoms with Crippen molar-refractivity contribution in [2.45, 2.75) is 32.3 Å². The molecule has 0 radical (unpaired) electrons. The van der Waals surface area contributed by atoms with E-state index in [1.165, 1.54) is 0 Å². The molecule has 0 aliphatic heterocycles. The zero-order chi connectivity index (χ0) is 10.6. The Kier molecular flexibility index (Phi) is 3.36. The Balaban J connectivity index is 2.80. The lowest BCUT2D eigenvalue weighted by Gasteiger charge is -2.21. The molecule has 1 aromatic heterocycles. The van der Waals surface area contributed by atoms with Crippen molar-refractivity contribution in [2.75, 3.05) is 0 Å². The molecule has 0 aliphatic rings. The molecule has 1 aromatic rings. The predicted molar refractivity (Wildman–Crippen MR) is 53.7 cm³/mol. The second kappa shape index (κ2) is 4.33. The molecule has 0 saturated heterocycles. The van der Waals surface area contributed by atoms with Crippen molar-refractivity contribution in [2.24, 2.45) is 0 Å². The van der Waals surface area contributed by atoms with Gasteiger partial charge in [0.15, 0.2) is 0 Å². The van der Waals surface area contributed by atoms with Crippen LogP contribution in [0.3, 0.4) is 0 Å². The molecule has 76 valence electrons. The number of hydrogen-bond acceptors (Lipinski definition) is 3. The van der Waals surface area contributed by atoms with E-state index < -0.39 is 5.60 Å². The van der Waals surface area contributed by atoms with E-state index in [1.807, 2.05) is 0 Å². The lowest BCUT2D eigenvalue weighted by molar-refractivity contribution is -0.123. The third kappa shape index (κ3) is 2.64. The van der Waals surface area contributed by atoms with Gasteiger partial charge in [0, 0.05) is 19.0 Å². The summed E-state index contributed by atoms with van der Waals surface area (Å²) in [5.74, 6) is 0.0423. The molecule has 0 bridgehead atoms. The summed E-state index contributed by atoms with van der Waals surface area (Å²) in [5, 5.41) is 10.0. The summed E-state index contributed by atoms with van der Waals surface area (Å²) in [7, 11) is 0. The Labute approximate surface area is 83.8 Å². The third-order valence-electron chi connectivity index (χ3n) is 2.15. The van der Waals surface area contributed by atoms with Gasteiger partial charge in [0.2, 0.25) is 0 Å². The van der Waals surface area contributed by atoms with Gasteiger partial charge in [0.25, 0.3) is 0 Å². The third-order valence-corrected chi connectivity index (χ3v) is 2.15. The number of nitrogens with zero attached hydrogens (tertiary/aromatic N) is 1. The second-order valence-corrected chi connectivity index (χ2v) is 3.56. The van der Waals surface area contributed by atoms with E-state index in [-0.39, 0.29) is 12.2 Å². The molecule has 0 unspecified atom stereocenters. The van der Waals surface area contributed by atoms with Gasteiger partial charge in [-0.15, -0.1) is 0 Å². The topological polar surface area (TPSA) is 50.2 Å². The monoisotopic (exact) mass is 193 g/mol. The quantitative estimate of drug-likeness (QED) is 0.791. The van der Waals surface area contributed by atoms with Gasteiger partial charge in [-0.05, 0) is 19.1 Å². The van der Waals surface area contributed by atoms with Gasteiger partial charge in [-0.2, -0.15) is 0 Å². The van der Waals surface area contributed by atoms with E-state index in [0.29, 0.717) is 12.1 Å². The first kappa shape index (κ1) is 10.9. The standard InChI is InChI=1S/C11H15NO2/c1-3-9(13)8-11(2,14)10-6-4-5-7-12-10/h4-7,14H,3,8H2,1-2H3/t11-/m1/s1. The number of aliphatic hydroxyl groups is 1. The highest BCUT2D eigenvalue weighted by Crippen LogP contribution is 2.22. The largest absolute Gasteiger partial charge is 0.383 e. The predicted octanol–water partition coefficient (Wildman–Crippen LogP) is 1.66. The van der Waals surface area contributed by atoms with Crippen LogP contribution < -0.4 is 0 Å². The summed E-state index contributed by atoms with van der Waals surface area (Å²) in [4.78, 5) is 15.2. The minimum Gasteiger partial charge on any atom is -0.383 e. The zero-order valence-electron chi connectivity index (χ0n) is 8.53. The van der Waals surface area contributed by atoms with Crippen LogP contribution in [0.25, 0.3) is 0 Å². The molecule has 0 aliphatic carbocycles. The van der Waals surface area contributed by atoms with Gasteiger partial charge < -0.3 is 5.11 Å².